The summed E-state index contributed by atoms with van der Waals surface area (Å²) in [6.45, 7) is 2.37. The van der Waals surface area contributed by atoms with Gasteiger partial charge in [0.05, 0.1) is 6.10 Å². The normalized spacial score (nSPS) is 15.9. The van der Waals surface area contributed by atoms with Crippen LogP contribution in [-0.2, 0) is 27.4 Å². The van der Waals surface area contributed by atoms with Gasteiger partial charge in [0.1, 0.15) is 24.2 Å². The van der Waals surface area contributed by atoms with E-state index in [0.717, 1.165) is 17.6 Å². The molecular formula is C26H27FN6O4S. The monoisotopic (exact) mass is 538 g/mol. The van der Waals surface area contributed by atoms with Crippen LogP contribution in [0, 0.1) is 12.7 Å². The molecule has 0 saturated carbocycles. The lowest BCUT2D eigenvalue weighted by atomic mass is 10.1. The fraction of sp³-hybridized carbons (Fsp3) is 0.346. The number of benzene rings is 1. The Hall–Kier alpha value is -3.90. The second-order valence-electron chi connectivity index (χ2n) is 8.96. The maximum absolute atomic E-state index is 14.7. The standard InChI is InChI=1S/C26H27FN6O4S/c1-17-10-11-21(37-17)25-29-31-33(30-25)16-23(34)32(15-18-6-2-3-8-20(18)27)24(22-9-5-13-38-22)26(35)28-14-19-7-4-12-36-19/h2-3,5-6,8-11,13,19,24H,4,7,12,14-16H2,1H3,(H,28,35)/t19-,24+/m1/s1. The van der Waals surface area contributed by atoms with Gasteiger partial charge in [-0.05, 0) is 54.6 Å². The van der Waals surface area contributed by atoms with Crippen LogP contribution in [0.4, 0.5) is 4.39 Å². The Balaban J connectivity index is 1.42. The largest absolute Gasteiger partial charge is 0.458 e. The molecule has 12 heteroatoms. The Morgan fingerprint density at radius 2 is 2.11 bits per heavy atom. The molecule has 0 spiro atoms. The first-order valence-corrected chi connectivity index (χ1v) is 13.2. The first-order chi connectivity index (χ1) is 18.5. The first kappa shape index (κ1) is 25.7. The molecule has 2 atom stereocenters. The molecule has 0 radical (unpaired) electrons. The molecule has 198 valence electrons. The number of tetrazole rings is 1. The van der Waals surface area contributed by atoms with E-state index in [9.17, 15) is 14.0 Å². The molecule has 0 aliphatic carbocycles. The molecule has 10 nitrogen and oxygen atoms in total. The number of thiophene rings is 1. The molecule has 1 aliphatic rings. The predicted molar refractivity (Wildman–Crippen MR) is 136 cm³/mol. The summed E-state index contributed by atoms with van der Waals surface area (Å²) in [7, 11) is 0. The second kappa shape index (κ2) is 11.7. The number of nitrogens with one attached hydrogen (secondary N) is 1. The van der Waals surface area contributed by atoms with Crippen LogP contribution in [0.2, 0.25) is 0 Å². The zero-order valence-electron chi connectivity index (χ0n) is 20.7. The molecule has 3 aromatic heterocycles. The van der Waals surface area contributed by atoms with Crippen LogP contribution in [0.25, 0.3) is 11.6 Å². The van der Waals surface area contributed by atoms with Gasteiger partial charge in [-0.2, -0.15) is 4.80 Å². The van der Waals surface area contributed by atoms with Crippen molar-refractivity contribution in [3.05, 3.63) is 75.9 Å². The van der Waals surface area contributed by atoms with Gasteiger partial charge in [-0.25, -0.2) is 4.39 Å². The molecule has 5 rings (SSSR count). The Morgan fingerprint density at radius 1 is 1.24 bits per heavy atom. The third-order valence-electron chi connectivity index (χ3n) is 6.21. The maximum Gasteiger partial charge on any atom is 0.248 e. The summed E-state index contributed by atoms with van der Waals surface area (Å²) in [6, 6.07) is 12.3. The van der Waals surface area contributed by atoms with Crippen LogP contribution in [0.3, 0.4) is 0 Å². The van der Waals surface area contributed by atoms with Crippen LogP contribution in [0.5, 0.6) is 0 Å². The van der Waals surface area contributed by atoms with Crippen molar-refractivity contribution in [1.29, 1.82) is 0 Å². The summed E-state index contributed by atoms with van der Waals surface area (Å²) in [6.07, 6.45) is 1.73. The molecule has 4 heterocycles. The van der Waals surface area contributed by atoms with Gasteiger partial charge in [-0.15, -0.1) is 21.5 Å². The number of aromatic nitrogens is 4. The number of hydrogen-bond donors (Lipinski definition) is 1. The minimum Gasteiger partial charge on any atom is -0.458 e. The average Bonchev–Trinajstić information content (AvgIpc) is 3.72. The molecule has 0 bridgehead atoms. The van der Waals surface area contributed by atoms with E-state index in [0.29, 0.717) is 29.5 Å². The zero-order chi connectivity index (χ0) is 26.5. The topological polar surface area (TPSA) is 115 Å². The highest BCUT2D eigenvalue weighted by Gasteiger charge is 2.34. The van der Waals surface area contributed by atoms with E-state index in [1.165, 1.54) is 22.3 Å². The van der Waals surface area contributed by atoms with Crippen molar-refractivity contribution in [1.82, 2.24) is 30.4 Å². The highest BCUT2D eigenvalue weighted by molar-refractivity contribution is 7.10. The van der Waals surface area contributed by atoms with Gasteiger partial charge < -0.3 is 19.4 Å². The van der Waals surface area contributed by atoms with Gasteiger partial charge in [-0.3, -0.25) is 9.59 Å². The average molecular weight is 539 g/mol. The molecule has 0 unspecified atom stereocenters. The summed E-state index contributed by atoms with van der Waals surface area (Å²) in [5.41, 5.74) is 0.285. The molecule has 1 fully saturated rings. The number of rotatable bonds is 10. The lowest BCUT2D eigenvalue weighted by Crippen LogP contribution is -2.46. The number of furan rings is 1. The number of nitrogens with zero attached hydrogens (tertiary/aromatic N) is 5. The van der Waals surface area contributed by atoms with Crippen LogP contribution in [0.15, 0.2) is 58.3 Å². The highest BCUT2D eigenvalue weighted by atomic mass is 32.1. The number of aryl methyl sites for hydroxylation is 1. The van der Waals surface area contributed by atoms with Gasteiger partial charge >= 0.3 is 0 Å². The lowest BCUT2D eigenvalue weighted by Gasteiger charge is -2.31. The fourth-order valence-electron chi connectivity index (χ4n) is 4.30. The minimum atomic E-state index is -0.987. The number of carbonyl (C=O) groups is 2. The van der Waals surface area contributed by atoms with E-state index in [-0.39, 0.29) is 36.5 Å². The third-order valence-corrected chi connectivity index (χ3v) is 7.13. The molecule has 4 aromatic rings. The van der Waals surface area contributed by atoms with E-state index < -0.39 is 17.8 Å². The van der Waals surface area contributed by atoms with E-state index >= 15 is 0 Å². The SMILES string of the molecule is Cc1ccc(-c2nnn(CC(=O)N(Cc3ccccc3F)[C@H](C(=O)NC[C@H]3CCCO3)c3cccs3)n2)o1. The van der Waals surface area contributed by atoms with Gasteiger partial charge in [-0.1, -0.05) is 24.3 Å². The number of amides is 2. The predicted octanol–water partition coefficient (Wildman–Crippen LogP) is 3.51. The van der Waals surface area contributed by atoms with E-state index in [2.05, 4.69) is 20.7 Å². The van der Waals surface area contributed by atoms with Gasteiger partial charge in [0.15, 0.2) is 5.76 Å². The molecule has 1 aromatic carbocycles. The van der Waals surface area contributed by atoms with Crippen molar-refractivity contribution >= 4 is 23.2 Å². The molecule has 1 N–H and O–H groups in total. The van der Waals surface area contributed by atoms with Crippen molar-refractivity contribution < 1.29 is 23.1 Å². The minimum absolute atomic E-state index is 0.0679. The van der Waals surface area contributed by atoms with Crippen molar-refractivity contribution in [3.8, 4) is 11.6 Å². The van der Waals surface area contributed by atoms with Crippen molar-refractivity contribution in [3.63, 3.8) is 0 Å². The smallest absolute Gasteiger partial charge is 0.248 e. The fourth-order valence-corrected chi connectivity index (χ4v) is 5.13. The van der Waals surface area contributed by atoms with Gasteiger partial charge in [0, 0.05) is 30.1 Å². The Morgan fingerprint density at radius 3 is 2.82 bits per heavy atom. The van der Waals surface area contributed by atoms with E-state index in [1.807, 2.05) is 11.4 Å². The summed E-state index contributed by atoms with van der Waals surface area (Å²) in [4.78, 5) is 30.4. The number of ether oxygens (including phenoxy) is 1. The van der Waals surface area contributed by atoms with Crippen LogP contribution >= 0.6 is 11.3 Å². The summed E-state index contributed by atoms with van der Waals surface area (Å²) in [5.74, 6) is 0.0372. The van der Waals surface area contributed by atoms with E-state index in [4.69, 9.17) is 9.15 Å². The molecule has 1 saturated heterocycles. The summed E-state index contributed by atoms with van der Waals surface area (Å²) < 4.78 is 25.9. The van der Waals surface area contributed by atoms with Crippen molar-refractivity contribution in [2.24, 2.45) is 0 Å². The molecular weight excluding hydrogens is 511 g/mol. The quantitative estimate of drug-likeness (QED) is 0.329. The maximum atomic E-state index is 14.7. The van der Waals surface area contributed by atoms with Gasteiger partial charge in [0.25, 0.3) is 0 Å². The molecule has 2 amide bonds. The summed E-state index contributed by atoms with van der Waals surface area (Å²) >= 11 is 1.35. The van der Waals surface area contributed by atoms with Crippen LogP contribution in [-0.4, -0.2) is 56.2 Å². The zero-order valence-corrected chi connectivity index (χ0v) is 21.6. The van der Waals surface area contributed by atoms with Crippen molar-refractivity contribution in [2.75, 3.05) is 13.2 Å². The number of carbonyl (C=O) groups excluding carboxylic acids is 2. The Bertz CT molecular complexity index is 1380. The number of halogens is 1. The second-order valence-corrected chi connectivity index (χ2v) is 9.94. The highest BCUT2D eigenvalue weighted by Crippen LogP contribution is 2.29. The molecule has 1 aliphatic heterocycles. The number of hydrogen-bond acceptors (Lipinski definition) is 8. The Kier molecular flexibility index (Phi) is 7.89. The molecule has 38 heavy (non-hydrogen) atoms. The van der Waals surface area contributed by atoms with Crippen LogP contribution < -0.4 is 5.32 Å². The van der Waals surface area contributed by atoms with Gasteiger partial charge in [0.2, 0.25) is 17.6 Å². The van der Waals surface area contributed by atoms with Crippen LogP contribution in [0.1, 0.15) is 35.1 Å². The van der Waals surface area contributed by atoms with E-state index in [1.54, 1.807) is 43.3 Å². The third kappa shape index (κ3) is 5.97. The van der Waals surface area contributed by atoms with Crippen molar-refractivity contribution in [2.45, 2.75) is 45.0 Å². The Labute approximate surface area is 222 Å². The lowest BCUT2D eigenvalue weighted by molar-refractivity contribution is -0.142. The summed E-state index contributed by atoms with van der Waals surface area (Å²) in [5, 5.41) is 17.0. The first-order valence-electron chi connectivity index (χ1n) is 12.3.